The molecule has 2 aromatic rings. The second kappa shape index (κ2) is 6.21. The van der Waals surface area contributed by atoms with Crippen molar-refractivity contribution in [3.8, 4) is 0 Å². The fraction of sp³-hybridized carbons (Fsp3) is 0.267. The van der Waals surface area contributed by atoms with Gasteiger partial charge in [-0.25, -0.2) is 4.98 Å². The number of aryl methyl sites for hydroxylation is 1. The summed E-state index contributed by atoms with van der Waals surface area (Å²) in [6, 6.07) is 6.84. The van der Waals surface area contributed by atoms with Crippen molar-refractivity contribution in [1.82, 2.24) is 14.9 Å². The molecule has 6 heteroatoms. The Morgan fingerprint density at radius 2 is 1.81 bits per heavy atom. The third kappa shape index (κ3) is 3.68. The predicted octanol–water partition coefficient (Wildman–Crippen LogP) is 1.81. The lowest BCUT2D eigenvalue weighted by Gasteiger charge is -2.09. The molecule has 110 valence electrons. The van der Waals surface area contributed by atoms with Crippen LogP contribution in [-0.2, 0) is 7.05 Å². The quantitative estimate of drug-likeness (QED) is 0.900. The molecule has 2 N–H and O–H groups in total. The largest absolute Gasteiger partial charge is 0.350 e. The number of anilines is 1. The molecule has 0 unspecified atom stereocenters. The molecule has 1 heterocycles. The van der Waals surface area contributed by atoms with Gasteiger partial charge in [-0.15, -0.1) is 0 Å². The van der Waals surface area contributed by atoms with Gasteiger partial charge in [-0.1, -0.05) is 0 Å². The Hall–Kier alpha value is -2.63. The lowest BCUT2D eigenvalue weighted by atomic mass is 10.2. The minimum atomic E-state index is -0.241. The first-order valence-electron chi connectivity index (χ1n) is 6.66. The summed E-state index contributed by atoms with van der Waals surface area (Å²) in [4.78, 5) is 27.7. The first-order chi connectivity index (χ1) is 9.97. The molecule has 0 aliphatic rings. The lowest BCUT2D eigenvalue weighted by Crippen LogP contribution is -2.30. The maximum Gasteiger partial charge on any atom is 0.273 e. The molecular formula is C15H18N4O2. The van der Waals surface area contributed by atoms with Gasteiger partial charge in [-0.2, -0.15) is 0 Å². The van der Waals surface area contributed by atoms with E-state index in [4.69, 9.17) is 0 Å². The van der Waals surface area contributed by atoms with Crippen LogP contribution in [0.15, 0.2) is 36.8 Å². The van der Waals surface area contributed by atoms with Gasteiger partial charge >= 0.3 is 0 Å². The average Bonchev–Trinajstić information content (AvgIpc) is 2.85. The van der Waals surface area contributed by atoms with Crippen LogP contribution in [0.2, 0.25) is 0 Å². The molecule has 1 aromatic carbocycles. The Bertz CT molecular complexity index is 644. The van der Waals surface area contributed by atoms with Gasteiger partial charge in [0.25, 0.3) is 11.8 Å². The fourth-order valence-electron chi connectivity index (χ4n) is 1.82. The number of hydrogen-bond acceptors (Lipinski definition) is 3. The Balaban J connectivity index is 2.04. The number of carbonyl (C=O) groups is 2. The van der Waals surface area contributed by atoms with E-state index in [0.29, 0.717) is 16.9 Å². The normalized spacial score (nSPS) is 10.5. The van der Waals surface area contributed by atoms with E-state index in [2.05, 4.69) is 15.6 Å². The van der Waals surface area contributed by atoms with Crippen LogP contribution < -0.4 is 10.6 Å². The minimum absolute atomic E-state index is 0.0849. The maximum absolute atomic E-state index is 12.0. The summed E-state index contributed by atoms with van der Waals surface area (Å²) >= 11 is 0. The zero-order valence-electron chi connectivity index (χ0n) is 12.3. The molecule has 0 spiro atoms. The second-order valence-corrected chi connectivity index (χ2v) is 5.05. The number of benzene rings is 1. The summed E-state index contributed by atoms with van der Waals surface area (Å²) in [6.45, 7) is 3.81. The van der Waals surface area contributed by atoms with Crippen LogP contribution in [0.5, 0.6) is 0 Å². The monoisotopic (exact) mass is 286 g/mol. The van der Waals surface area contributed by atoms with E-state index in [1.54, 1.807) is 42.2 Å². The molecule has 2 rings (SSSR count). The van der Waals surface area contributed by atoms with Gasteiger partial charge in [0.15, 0.2) is 0 Å². The topological polar surface area (TPSA) is 76.0 Å². The summed E-state index contributed by atoms with van der Waals surface area (Å²) in [7, 11) is 1.75. The summed E-state index contributed by atoms with van der Waals surface area (Å²) in [6.07, 6.45) is 3.06. The van der Waals surface area contributed by atoms with E-state index >= 15 is 0 Å². The minimum Gasteiger partial charge on any atom is -0.350 e. The van der Waals surface area contributed by atoms with Crippen molar-refractivity contribution in [2.24, 2.45) is 7.05 Å². The van der Waals surface area contributed by atoms with Crippen LogP contribution in [-0.4, -0.2) is 27.4 Å². The number of rotatable bonds is 4. The van der Waals surface area contributed by atoms with Crippen LogP contribution >= 0.6 is 0 Å². The van der Waals surface area contributed by atoms with Gasteiger partial charge in [0, 0.05) is 24.3 Å². The molecule has 2 amide bonds. The van der Waals surface area contributed by atoms with Crippen molar-refractivity contribution in [3.63, 3.8) is 0 Å². The Kier molecular flexibility index (Phi) is 4.37. The third-order valence-electron chi connectivity index (χ3n) is 2.87. The van der Waals surface area contributed by atoms with Crippen molar-refractivity contribution >= 4 is 17.5 Å². The Morgan fingerprint density at radius 3 is 2.33 bits per heavy atom. The molecule has 1 aromatic heterocycles. The molecule has 21 heavy (non-hydrogen) atoms. The van der Waals surface area contributed by atoms with Crippen molar-refractivity contribution in [3.05, 3.63) is 48.0 Å². The fourth-order valence-corrected chi connectivity index (χ4v) is 1.82. The molecule has 0 saturated heterocycles. The number of amides is 2. The van der Waals surface area contributed by atoms with E-state index < -0.39 is 0 Å². The van der Waals surface area contributed by atoms with Gasteiger partial charge in [0.1, 0.15) is 5.69 Å². The van der Waals surface area contributed by atoms with Crippen LogP contribution in [0, 0.1) is 0 Å². The molecule has 0 aliphatic carbocycles. The molecule has 6 nitrogen and oxygen atoms in total. The van der Waals surface area contributed by atoms with E-state index in [1.807, 2.05) is 13.8 Å². The molecular weight excluding hydrogens is 268 g/mol. The van der Waals surface area contributed by atoms with Gasteiger partial charge in [-0.05, 0) is 38.1 Å². The number of aromatic nitrogens is 2. The van der Waals surface area contributed by atoms with Gasteiger partial charge in [0.2, 0.25) is 0 Å². The highest BCUT2D eigenvalue weighted by Crippen LogP contribution is 2.11. The molecule has 0 saturated carbocycles. The van der Waals surface area contributed by atoms with Gasteiger partial charge < -0.3 is 15.2 Å². The Labute approximate surface area is 123 Å². The lowest BCUT2D eigenvalue weighted by molar-refractivity contribution is 0.0942. The second-order valence-electron chi connectivity index (χ2n) is 5.05. The average molecular weight is 286 g/mol. The number of hydrogen-bond donors (Lipinski definition) is 2. The summed E-state index contributed by atoms with van der Waals surface area (Å²) in [5, 5.41) is 5.57. The molecule has 0 radical (unpaired) electrons. The van der Waals surface area contributed by atoms with Crippen LogP contribution in [0.1, 0.15) is 34.7 Å². The van der Waals surface area contributed by atoms with Crippen LogP contribution in [0.25, 0.3) is 0 Å². The number of nitrogens with one attached hydrogen (secondary N) is 2. The Morgan fingerprint density at radius 1 is 1.14 bits per heavy atom. The first-order valence-corrected chi connectivity index (χ1v) is 6.66. The number of carbonyl (C=O) groups excluding carboxylic acids is 2. The van der Waals surface area contributed by atoms with E-state index in [-0.39, 0.29) is 17.9 Å². The summed E-state index contributed by atoms with van der Waals surface area (Å²) in [5.74, 6) is -0.371. The van der Waals surface area contributed by atoms with Crippen LogP contribution in [0.4, 0.5) is 5.69 Å². The van der Waals surface area contributed by atoms with Crippen molar-refractivity contribution in [2.45, 2.75) is 19.9 Å². The standard InChI is InChI=1S/C15H18N4O2/c1-10(2)17-14(20)11-4-6-12(7-5-11)18-15(21)13-8-16-9-19(13)3/h4-10H,1-3H3,(H,17,20)(H,18,21). The first kappa shape index (κ1) is 14.8. The summed E-state index contributed by atoms with van der Waals surface area (Å²) in [5.41, 5.74) is 1.65. The molecule has 0 aliphatic heterocycles. The third-order valence-corrected chi connectivity index (χ3v) is 2.87. The zero-order valence-corrected chi connectivity index (χ0v) is 12.3. The molecule has 0 atom stereocenters. The van der Waals surface area contributed by atoms with E-state index in [0.717, 1.165) is 0 Å². The maximum atomic E-state index is 12.0. The highest BCUT2D eigenvalue weighted by molar-refractivity contribution is 6.03. The SMILES string of the molecule is CC(C)NC(=O)c1ccc(NC(=O)c2cncn2C)cc1. The van der Waals surface area contributed by atoms with E-state index in [9.17, 15) is 9.59 Å². The van der Waals surface area contributed by atoms with Crippen LogP contribution in [0.3, 0.4) is 0 Å². The number of imidazole rings is 1. The van der Waals surface area contributed by atoms with Crippen molar-refractivity contribution in [2.75, 3.05) is 5.32 Å². The smallest absolute Gasteiger partial charge is 0.273 e. The molecule has 0 bridgehead atoms. The van der Waals surface area contributed by atoms with Crippen molar-refractivity contribution in [1.29, 1.82) is 0 Å². The van der Waals surface area contributed by atoms with E-state index in [1.165, 1.54) is 6.20 Å². The van der Waals surface area contributed by atoms with Gasteiger partial charge in [0.05, 0.1) is 12.5 Å². The zero-order chi connectivity index (χ0) is 15.4. The predicted molar refractivity (Wildman–Crippen MR) is 80.2 cm³/mol. The van der Waals surface area contributed by atoms with Crippen molar-refractivity contribution < 1.29 is 9.59 Å². The molecule has 0 fully saturated rings. The highest BCUT2D eigenvalue weighted by Gasteiger charge is 2.11. The van der Waals surface area contributed by atoms with Gasteiger partial charge in [-0.3, -0.25) is 9.59 Å². The number of nitrogens with zero attached hydrogens (tertiary/aromatic N) is 2. The highest BCUT2D eigenvalue weighted by atomic mass is 16.2. The summed E-state index contributed by atoms with van der Waals surface area (Å²) < 4.78 is 1.64.